The van der Waals surface area contributed by atoms with Crippen molar-refractivity contribution >= 4 is 11.8 Å². The summed E-state index contributed by atoms with van der Waals surface area (Å²) < 4.78 is 0. The number of carbonyl (C=O) groups is 2. The maximum atomic E-state index is 10.7. The van der Waals surface area contributed by atoms with Crippen molar-refractivity contribution in [2.75, 3.05) is 0 Å². The lowest BCUT2D eigenvalue weighted by molar-refractivity contribution is -0.237. The van der Waals surface area contributed by atoms with Crippen LogP contribution >= 0.6 is 0 Å². The fourth-order valence-electron chi connectivity index (χ4n) is 0.643. The molecule has 0 aromatic rings. The Balaban J connectivity index is 2.59. The van der Waals surface area contributed by atoms with Crippen LogP contribution in [0.5, 0.6) is 0 Å². The van der Waals surface area contributed by atoms with Crippen LogP contribution in [0.4, 0.5) is 0 Å². The highest BCUT2D eigenvalue weighted by atomic mass is 16.8. The molecule has 0 bridgehead atoms. The fourth-order valence-corrected chi connectivity index (χ4v) is 0.643. The number of aliphatic hydroxyl groups is 1. The van der Waals surface area contributed by atoms with E-state index in [1.54, 1.807) is 0 Å². The molecule has 0 aromatic heterocycles. The lowest BCUT2D eigenvalue weighted by Crippen LogP contribution is -2.33. The predicted molar refractivity (Wildman–Crippen MR) is 33.8 cm³/mol. The van der Waals surface area contributed by atoms with Gasteiger partial charge in [0.15, 0.2) is 6.29 Å². The molecule has 5 heteroatoms. The molecule has 1 unspecified atom stereocenters. The van der Waals surface area contributed by atoms with E-state index in [1.807, 2.05) is 0 Å². The highest BCUT2D eigenvalue weighted by molar-refractivity contribution is 6.11. The zero-order valence-corrected chi connectivity index (χ0v) is 5.85. The Morgan fingerprint density at radius 3 is 2.27 bits per heavy atom. The summed E-state index contributed by atoms with van der Waals surface area (Å²) in [5.41, 5.74) is 0. The molecule has 0 fully saturated rings. The molecule has 1 rings (SSSR count). The molecular weight excluding hydrogens is 150 g/mol. The topological polar surface area (TPSA) is 66.8 Å². The van der Waals surface area contributed by atoms with Crippen molar-refractivity contribution in [3.05, 3.63) is 12.2 Å². The maximum absolute atomic E-state index is 10.7. The molecule has 11 heavy (non-hydrogen) atoms. The van der Waals surface area contributed by atoms with Gasteiger partial charge in [-0.3, -0.25) is 9.59 Å². The van der Waals surface area contributed by atoms with Gasteiger partial charge in [0.05, 0.1) is 0 Å². The summed E-state index contributed by atoms with van der Waals surface area (Å²) in [6.45, 7) is 1.30. The first-order valence-electron chi connectivity index (χ1n) is 3.02. The minimum absolute atomic E-state index is 0.505. The van der Waals surface area contributed by atoms with Gasteiger partial charge in [-0.05, 0) is 6.92 Å². The van der Waals surface area contributed by atoms with E-state index in [0.29, 0.717) is 5.06 Å². The number of nitrogens with zero attached hydrogens (tertiary/aromatic N) is 1. The second-order valence-corrected chi connectivity index (χ2v) is 2.01. The van der Waals surface area contributed by atoms with Crippen LogP contribution in [0, 0.1) is 0 Å². The number of hydrogen-bond acceptors (Lipinski definition) is 4. The van der Waals surface area contributed by atoms with Crippen molar-refractivity contribution in [2.45, 2.75) is 13.2 Å². The van der Waals surface area contributed by atoms with Crippen LogP contribution in [0.2, 0.25) is 0 Å². The van der Waals surface area contributed by atoms with Gasteiger partial charge in [-0.1, -0.05) is 0 Å². The van der Waals surface area contributed by atoms with Gasteiger partial charge in [-0.15, -0.1) is 5.06 Å². The Morgan fingerprint density at radius 2 is 1.91 bits per heavy atom. The van der Waals surface area contributed by atoms with Crippen molar-refractivity contribution in [1.29, 1.82) is 0 Å². The van der Waals surface area contributed by atoms with Gasteiger partial charge in [0.1, 0.15) is 0 Å². The summed E-state index contributed by atoms with van der Waals surface area (Å²) in [7, 11) is 0. The van der Waals surface area contributed by atoms with Crippen LogP contribution in [0.3, 0.4) is 0 Å². The van der Waals surface area contributed by atoms with E-state index in [0.717, 1.165) is 12.2 Å². The summed E-state index contributed by atoms with van der Waals surface area (Å²) in [5, 5.41) is 9.16. The van der Waals surface area contributed by atoms with E-state index in [-0.39, 0.29) is 0 Å². The summed E-state index contributed by atoms with van der Waals surface area (Å²) in [5.74, 6) is -1.15. The first-order valence-corrected chi connectivity index (χ1v) is 3.02. The molecule has 0 aliphatic carbocycles. The molecule has 1 heterocycles. The molecule has 0 radical (unpaired) electrons. The molecule has 0 spiro atoms. The SMILES string of the molecule is CC(O)ON1C(=O)C=CC1=O. The van der Waals surface area contributed by atoms with Crippen LogP contribution in [-0.4, -0.2) is 28.3 Å². The average Bonchev–Trinajstić information content (AvgIpc) is 2.18. The molecular formula is C6H7NO4. The van der Waals surface area contributed by atoms with Crippen molar-refractivity contribution in [3.8, 4) is 0 Å². The Bertz CT molecular complexity index is 203. The number of hydrogen-bond donors (Lipinski definition) is 1. The highest BCUT2D eigenvalue weighted by Gasteiger charge is 2.25. The van der Waals surface area contributed by atoms with Crippen LogP contribution in [0.1, 0.15) is 6.92 Å². The highest BCUT2D eigenvalue weighted by Crippen LogP contribution is 2.05. The van der Waals surface area contributed by atoms with Crippen molar-refractivity contribution in [2.24, 2.45) is 0 Å². The largest absolute Gasteiger partial charge is 0.366 e. The van der Waals surface area contributed by atoms with Crippen LogP contribution in [0.15, 0.2) is 12.2 Å². The van der Waals surface area contributed by atoms with Crippen molar-refractivity contribution in [1.82, 2.24) is 5.06 Å². The normalized spacial score (nSPS) is 19.6. The third-order valence-electron chi connectivity index (χ3n) is 1.03. The van der Waals surface area contributed by atoms with Gasteiger partial charge in [-0.25, -0.2) is 4.84 Å². The first kappa shape index (κ1) is 7.90. The minimum Gasteiger partial charge on any atom is -0.366 e. The van der Waals surface area contributed by atoms with Crippen LogP contribution in [-0.2, 0) is 14.4 Å². The molecule has 2 amide bonds. The lowest BCUT2D eigenvalue weighted by Gasteiger charge is -2.14. The number of carbonyl (C=O) groups excluding carboxylic acids is 2. The number of rotatable bonds is 2. The molecule has 1 atom stereocenters. The van der Waals surface area contributed by atoms with E-state index in [9.17, 15) is 9.59 Å². The van der Waals surface area contributed by atoms with E-state index < -0.39 is 18.1 Å². The van der Waals surface area contributed by atoms with E-state index >= 15 is 0 Å². The number of amides is 2. The number of hydroxylamine groups is 2. The molecule has 0 saturated heterocycles. The number of aliphatic hydroxyl groups excluding tert-OH is 1. The Labute approximate surface area is 62.8 Å². The maximum Gasteiger partial charge on any atom is 0.278 e. The molecule has 1 aliphatic rings. The van der Waals surface area contributed by atoms with Gasteiger partial charge < -0.3 is 5.11 Å². The second kappa shape index (κ2) is 2.81. The van der Waals surface area contributed by atoms with Gasteiger partial charge in [0, 0.05) is 12.2 Å². The van der Waals surface area contributed by atoms with Gasteiger partial charge >= 0.3 is 0 Å². The Kier molecular flexibility index (Phi) is 2.02. The summed E-state index contributed by atoms with van der Waals surface area (Å²) in [6, 6.07) is 0. The molecule has 60 valence electrons. The van der Waals surface area contributed by atoms with E-state index in [2.05, 4.69) is 4.84 Å². The smallest absolute Gasteiger partial charge is 0.278 e. The summed E-state index contributed by atoms with van der Waals surface area (Å²) in [6.07, 6.45) is 0.984. The lowest BCUT2D eigenvalue weighted by atomic mass is 10.6. The minimum atomic E-state index is -1.16. The zero-order chi connectivity index (χ0) is 8.43. The van der Waals surface area contributed by atoms with Crippen molar-refractivity contribution < 1.29 is 19.5 Å². The van der Waals surface area contributed by atoms with Gasteiger partial charge in [0.2, 0.25) is 0 Å². The monoisotopic (exact) mass is 157 g/mol. The summed E-state index contributed by atoms with van der Waals surface area (Å²) in [4.78, 5) is 25.9. The van der Waals surface area contributed by atoms with E-state index in [4.69, 9.17) is 5.11 Å². The first-order chi connectivity index (χ1) is 5.11. The fraction of sp³-hybridized carbons (Fsp3) is 0.333. The molecule has 1 aliphatic heterocycles. The second-order valence-electron chi connectivity index (χ2n) is 2.01. The van der Waals surface area contributed by atoms with E-state index in [1.165, 1.54) is 6.92 Å². The molecule has 0 aromatic carbocycles. The van der Waals surface area contributed by atoms with Crippen molar-refractivity contribution in [3.63, 3.8) is 0 Å². The van der Waals surface area contributed by atoms with Crippen LogP contribution < -0.4 is 0 Å². The molecule has 0 saturated carbocycles. The third kappa shape index (κ3) is 1.63. The van der Waals surface area contributed by atoms with Crippen LogP contribution in [0.25, 0.3) is 0 Å². The Morgan fingerprint density at radius 1 is 1.45 bits per heavy atom. The molecule has 5 nitrogen and oxygen atoms in total. The third-order valence-corrected chi connectivity index (χ3v) is 1.03. The predicted octanol–water partition coefficient (Wildman–Crippen LogP) is -0.819. The summed E-state index contributed by atoms with van der Waals surface area (Å²) >= 11 is 0. The standard InChI is InChI=1S/C6H7NO4/c1-4(8)11-7-5(9)2-3-6(7)10/h2-4,8H,1H3. The molecule has 1 N–H and O–H groups in total. The van der Waals surface area contributed by atoms with Gasteiger partial charge in [0.25, 0.3) is 11.8 Å². The number of imide groups is 1. The zero-order valence-electron chi connectivity index (χ0n) is 5.85. The quantitative estimate of drug-likeness (QED) is 0.420. The van der Waals surface area contributed by atoms with Gasteiger partial charge in [-0.2, -0.15) is 0 Å². The Hall–Kier alpha value is -1.20. The average molecular weight is 157 g/mol.